The van der Waals surface area contributed by atoms with Gasteiger partial charge in [0, 0.05) is 19.2 Å². The van der Waals surface area contributed by atoms with Crippen LogP contribution in [0, 0.1) is 5.41 Å². The molecule has 0 spiro atoms. The van der Waals surface area contributed by atoms with E-state index >= 15 is 0 Å². The van der Waals surface area contributed by atoms with Gasteiger partial charge in [0.15, 0.2) is 0 Å². The smallest absolute Gasteiger partial charge is 0.0702 e. The Balaban J connectivity index is 2.36. The minimum Gasteiger partial charge on any atom is -0.377 e. The predicted octanol–water partition coefficient (Wildman–Crippen LogP) is 2.90. The second-order valence-corrected chi connectivity index (χ2v) is 6.79. The first kappa shape index (κ1) is 16.9. The zero-order chi connectivity index (χ0) is 14.3. The molecule has 0 aromatic rings. The Morgan fingerprint density at radius 3 is 2.53 bits per heavy atom. The highest BCUT2D eigenvalue weighted by molar-refractivity contribution is 4.81. The molecule has 0 aliphatic carbocycles. The van der Waals surface area contributed by atoms with E-state index in [4.69, 9.17) is 4.74 Å². The van der Waals surface area contributed by atoms with Crippen molar-refractivity contribution in [1.82, 2.24) is 10.2 Å². The normalized spacial score (nSPS) is 22.1. The molecule has 0 radical (unpaired) electrons. The lowest BCUT2D eigenvalue weighted by atomic mass is 9.84. The molecule has 2 atom stereocenters. The average Bonchev–Trinajstić information content (AvgIpc) is 2.84. The molecule has 19 heavy (non-hydrogen) atoms. The van der Waals surface area contributed by atoms with Gasteiger partial charge in [0.25, 0.3) is 0 Å². The Labute approximate surface area is 120 Å². The van der Waals surface area contributed by atoms with Gasteiger partial charge in [-0.3, -0.25) is 0 Å². The highest BCUT2D eigenvalue weighted by atomic mass is 16.5. The zero-order valence-corrected chi connectivity index (χ0v) is 13.7. The maximum atomic E-state index is 5.75. The van der Waals surface area contributed by atoms with Crippen LogP contribution in [0.5, 0.6) is 0 Å². The summed E-state index contributed by atoms with van der Waals surface area (Å²) >= 11 is 0. The lowest BCUT2D eigenvalue weighted by molar-refractivity contribution is 0.0716. The number of nitrogens with one attached hydrogen (secondary N) is 1. The topological polar surface area (TPSA) is 24.5 Å². The first-order valence-electron chi connectivity index (χ1n) is 8.04. The van der Waals surface area contributed by atoms with Gasteiger partial charge in [-0.15, -0.1) is 0 Å². The Bertz CT molecular complexity index is 231. The molecule has 1 aliphatic rings. The fraction of sp³-hybridized carbons (Fsp3) is 1.00. The van der Waals surface area contributed by atoms with Crippen LogP contribution >= 0.6 is 0 Å². The molecule has 0 aromatic carbocycles. The largest absolute Gasteiger partial charge is 0.377 e. The highest BCUT2D eigenvalue weighted by Gasteiger charge is 2.25. The van der Waals surface area contributed by atoms with Crippen LogP contribution in [0.1, 0.15) is 53.9 Å². The molecule has 0 amide bonds. The monoisotopic (exact) mass is 270 g/mol. The molecule has 0 saturated carbocycles. The van der Waals surface area contributed by atoms with E-state index in [9.17, 15) is 0 Å². The number of rotatable bonds is 8. The van der Waals surface area contributed by atoms with Gasteiger partial charge < -0.3 is 15.0 Å². The Morgan fingerprint density at radius 2 is 2.05 bits per heavy atom. The minimum absolute atomic E-state index is 0.333. The lowest BCUT2D eigenvalue weighted by Gasteiger charge is -2.34. The third-order valence-corrected chi connectivity index (χ3v) is 4.16. The summed E-state index contributed by atoms with van der Waals surface area (Å²) in [4.78, 5) is 2.55. The van der Waals surface area contributed by atoms with Crippen molar-refractivity contribution in [3.63, 3.8) is 0 Å². The van der Waals surface area contributed by atoms with Crippen molar-refractivity contribution < 1.29 is 4.74 Å². The molecule has 1 N–H and O–H groups in total. The van der Waals surface area contributed by atoms with Crippen LogP contribution < -0.4 is 5.32 Å². The van der Waals surface area contributed by atoms with E-state index in [-0.39, 0.29) is 0 Å². The number of likely N-dealkylation sites (N-methyl/N-ethyl adjacent to an activating group) is 1. The average molecular weight is 270 g/mol. The van der Waals surface area contributed by atoms with Crippen LogP contribution in [0.2, 0.25) is 0 Å². The summed E-state index contributed by atoms with van der Waals surface area (Å²) in [6, 6.07) is 0.594. The predicted molar refractivity (Wildman–Crippen MR) is 82.6 cm³/mol. The lowest BCUT2D eigenvalue weighted by Crippen LogP contribution is -2.43. The van der Waals surface area contributed by atoms with Crippen molar-refractivity contribution in [2.75, 3.05) is 32.8 Å². The first-order valence-corrected chi connectivity index (χ1v) is 8.04. The number of hydrogen-bond acceptors (Lipinski definition) is 3. The molecule has 3 heteroatoms. The SMILES string of the molecule is CCNC(CCN(CC)CC1CCCO1)C(C)(C)C. The van der Waals surface area contributed by atoms with Crippen LogP contribution in [0.15, 0.2) is 0 Å². The van der Waals surface area contributed by atoms with E-state index in [1.165, 1.54) is 25.8 Å². The third kappa shape index (κ3) is 6.24. The van der Waals surface area contributed by atoms with Gasteiger partial charge in [0.1, 0.15) is 0 Å². The van der Waals surface area contributed by atoms with Gasteiger partial charge in [-0.05, 0) is 44.3 Å². The first-order chi connectivity index (χ1) is 8.97. The van der Waals surface area contributed by atoms with Gasteiger partial charge in [0.05, 0.1) is 6.10 Å². The molecule has 1 rings (SSSR count). The van der Waals surface area contributed by atoms with Crippen LogP contribution in [0.25, 0.3) is 0 Å². The quantitative estimate of drug-likeness (QED) is 0.734. The summed E-state index contributed by atoms with van der Waals surface area (Å²) in [5.41, 5.74) is 0.333. The molecule has 114 valence electrons. The number of nitrogens with zero attached hydrogens (tertiary/aromatic N) is 1. The molecule has 3 nitrogen and oxygen atoms in total. The number of ether oxygens (including phenoxy) is 1. The van der Waals surface area contributed by atoms with Crippen molar-refractivity contribution in [2.24, 2.45) is 5.41 Å². The summed E-state index contributed by atoms with van der Waals surface area (Å²) in [6.07, 6.45) is 4.18. The van der Waals surface area contributed by atoms with Crippen LogP contribution in [0.3, 0.4) is 0 Å². The summed E-state index contributed by atoms with van der Waals surface area (Å²) in [6.45, 7) is 16.9. The Hall–Kier alpha value is -0.120. The van der Waals surface area contributed by atoms with Crippen molar-refractivity contribution >= 4 is 0 Å². The van der Waals surface area contributed by atoms with Crippen molar-refractivity contribution in [2.45, 2.75) is 66.0 Å². The van der Waals surface area contributed by atoms with Gasteiger partial charge in [-0.25, -0.2) is 0 Å². The van der Waals surface area contributed by atoms with Gasteiger partial charge in [0.2, 0.25) is 0 Å². The van der Waals surface area contributed by atoms with E-state index < -0.39 is 0 Å². The van der Waals surface area contributed by atoms with E-state index in [1.54, 1.807) is 0 Å². The number of hydrogen-bond donors (Lipinski definition) is 1. The van der Waals surface area contributed by atoms with Gasteiger partial charge in [-0.1, -0.05) is 34.6 Å². The van der Waals surface area contributed by atoms with Crippen molar-refractivity contribution in [3.8, 4) is 0 Å². The molecule has 1 saturated heterocycles. The molecular weight excluding hydrogens is 236 g/mol. The van der Waals surface area contributed by atoms with Crippen molar-refractivity contribution in [1.29, 1.82) is 0 Å². The summed E-state index contributed by atoms with van der Waals surface area (Å²) < 4.78 is 5.75. The Kier molecular flexibility index (Phi) is 7.33. The minimum atomic E-state index is 0.333. The van der Waals surface area contributed by atoms with E-state index in [1.807, 2.05) is 0 Å². The van der Waals surface area contributed by atoms with Crippen molar-refractivity contribution in [3.05, 3.63) is 0 Å². The standard InChI is InChI=1S/C16H34N2O/c1-6-17-15(16(3,4)5)10-11-18(7-2)13-14-9-8-12-19-14/h14-15,17H,6-13H2,1-5H3. The van der Waals surface area contributed by atoms with Gasteiger partial charge in [-0.2, -0.15) is 0 Å². The van der Waals surface area contributed by atoms with Gasteiger partial charge >= 0.3 is 0 Å². The molecule has 1 fully saturated rings. The highest BCUT2D eigenvalue weighted by Crippen LogP contribution is 2.22. The summed E-state index contributed by atoms with van der Waals surface area (Å²) in [5, 5.41) is 3.64. The molecule has 1 aliphatic heterocycles. The maximum Gasteiger partial charge on any atom is 0.0702 e. The fourth-order valence-corrected chi connectivity index (χ4v) is 2.85. The molecule has 0 bridgehead atoms. The molecular formula is C16H34N2O. The second kappa shape index (κ2) is 8.23. The van der Waals surface area contributed by atoms with Crippen LogP contribution in [-0.4, -0.2) is 49.8 Å². The molecule has 0 aromatic heterocycles. The molecule has 2 unspecified atom stereocenters. The summed E-state index contributed by atoms with van der Waals surface area (Å²) in [5.74, 6) is 0. The molecule has 1 heterocycles. The van der Waals surface area contributed by atoms with E-state index in [2.05, 4.69) is 44.8 Å². The summed E-state index contributed by atoms with van der Waals surface area (Å²) in [7, 11) is 0. The third-order valence-electron chi connectivity index (χ3n) is 4.16. The van der Waals surface area contributed by atoms with Crippen LogP contribution in [0.4, 0.5) is 0 Å². The van der Waals surface area contributed by atoms with Crippen LogP contribution in [-0.2, 0) is 4.74 Å². The van der Waals surface area contributed by atoms with E-state index in [0.29, 0.717) is 17.6 Å². The zero-order valence-electron chi connectivity index (χ0n) is 13.7. The Morgan fingerprint density at radius 1 is 1.32 bits per heavy atom. The van der Waals surface area contributed by atoms with E-state index in [0.717, 1.165) is 26.2 Å². The second-order valence-electron chi connectivity index (χ2n) is 6.79. The maximum absolute atomic E-state index is 5.75. The fourth-order valence-electron chi connectivity index (χ4n) is 2.85.